The Hall–Kier alpha value is -1.88. The van der Waals surface area contributed by atoms with Crippen molar-refractivity contribution in [2.75, 3.05) is 21.3 Å². The summed E-state index contributed by atoms with van der Waals surface area (Å²) in [7, 11) is 0. The maximum absolute atomic E-state index is 12.4. The molecule has 0 saturated carbocycles. The standard InChI is InChI=1S/C20H14Br4N4O2/c21-11-3-1-5-13(7-11)25-19(29)27-17-10-18(16(24)9-15(17)23)28-20(30)26-14-6-2-4-12(22)8-14/h1-10H,(H2,25,27,29)(H2,26,28,30). The lowest BCUT2D eigenvalue weighted by molar-refractivity contribution is 0.261. The molecule has 0 unspecified atom stereocenters. The Kier molecular flexibility index (Phi) is 7.93. The van der Waals surface area contributed by atoms with Crippen molar-refractivity contribution in [2.45, 2.75) is 0 Å². The van der Waals surface area contributed by atoms with E-state index in [1.165, 1.54) is 0 Å². The van der Waals surface area contributed by atoms with Crippen LogP contribution >= 0.6 is 63.7 Å². The van der Waals surface area contributed by atoms with Crippen LogP contribution in [0.3, 0.4) is 0 Å². The van der Waals surface area contributed by atoms with Crippen LogP contribution in [0.5, 0.6) is 0 Å². The molecule has 0 aliphatic heterocycles. The van der Waals surface area contributed by atoms with E-state index in [0.717, 1.165) is 8.95 Å². The molecule has 0 saturated heterocycles. The van der Waals surface area contributed by atoms with Crippen molar-refractivity contribution in [3.8, 4) is 0 Å². The summed E-state index contributed by atoms with van der Waals surface area (Å²) in [5.74, 6) is 0. The van der Waals surface area contributed by atoms with Crippen LogP contribution in [0.15, 0.2) is 78.6 Å². The van der Waals surface area contributed by atoms with Crippen molar-refractivity contribution in [3.05, 3.63) is 78.6 Å². The average Bonchev–Trinajstić information content (AvgIpc) is 2.65. The van der Waals surface area contributed by atoms with Gasteiger partial charge in [0.25, 0.3) is 0 Å². The molecule has 4 amide bonds. The van der Waals surface area contributed by atoms with E-state index in [1.807, 2.05) is 24.3 Å². The molecule has 0 spiro atoms. The summed E-state index contributed by atoms with van der Waals surface area (Å²) in [5, 5.41) is 11.0. The van der Waals surface area contributed by atoms with Crippen LogP contribution in [-0.4, -0.2) is 12.1 Å². The van der Waals surface area contributed by atoms with Crippen LogP contribution < -0.4 is 21.3 Å². The maximum Gasteiger partial charge on any atom is 0.323 e. The number of hydrogen-bond acceptors (Lipinski definition) is 2. The normalized spacial score (nSPS) is 10.3. The van der Waals surface area contributed by atoms with Gasteiger partial charge in [0.1, 0.15) is 0 Å². The fourth-order valence-corrected chi connectivity index (χ4v) is 4.43. The number of urea groups is 2. The van der Waals surface area contributed by atoms with E-state index in [9.17, 15) is 9.59 Å². The Morgan fingerprint density at radius 2 is 1.00 bits per heavy atom. The number of halogens is 4. The maximum atomic E-state index is 12.4. The van der Waals surface area contributed by atoms with Gasteiger partial charge in [0, 0.05) is 29.3 Å². The van der Waals surface area contributed by atoms with Gasteiger partial charge < -0.3 is 21.3 Å². The van der Waals surface area contributed by atoms with Crippen LogP contribution in [-0.2, 0) is 0 Å². The molecule has 0 bridgehead atoms. The molecule has 0 aromatic heterocycles. The molecular formula is C20H14Br4N4O2. The third kappa shape index (κ3) is 6.56. The minimum Gasteiger partial charge on any atom is -0.308 e. The molecule has 154 valence electrons. The first-order valence-electron chi connectivity index (χ1n) is 8.46. The summed E-state index contributed by atoms with van der Waals surface area (Å²) < 4.78 is 3.01. The van der Waals surface area contributed by atoms with Gasteiger partial charge in [-0.15, -0.1) is 0 Å². The van der Waals surface area contributed by atoms with Crippen LogP contribution in [0.25, 0.3) is 0 Å². The molecule has 0 fully saturated rings. The fraction of sp³-hybridized carbons (Fsp3) is 0. The zero-order chi connectivity index (χ0) is 21.7. The van der Waals surface area contributed by atoms with Crippen molar-refractivity contribution in [1.29, 1.82) is 0 Å². The largest absolute Gasteiger partial charge is 0.323 e. The minimum atomic E-state index is -0.416. The van der Waals surface area contributed by atoms with Crippen molar-refractivity contribution in [2.24, 2.45) is 0 Å². The quantitative estimate of drug-likeness (QED) is 0.228. The molecule has 3 rings (SSSR count). The van der Waals surface area contributed by atoms with Crippen LogP contribution in [0, 0.1) is 0 Å². The van der Waals surface area contributed by atoms with Crippen molar-refractivity contribution < 1.29 is 9.59 Å². The van der Waals surface area contributed by atoms with E-state index in [1.54, 1.807) is 36.4 Å². The Labute approximate surface area is 206 Å². The van der Waals surface area contributed by atoms with E-state index in [0.29, 0.717) is 31.7 Å². The van der Waals surface area contributed by atoms with Gasteiger partial charge in [-0.3, -0.25) is 0 Å². The third-order valence-corrected chi connectivity index (χ3v) is 6.02. The molecule has 10 heteroatoms. The first-order chi connectivity index (χ1) is 14.3. The fourth-order valence-electron chi connectivity index (χ4n) is 2.44. The van der Waals surface area contributed by atoms with Gasteiger partial charge in [0.2, 0.25) is 0 Å². The molecule has 0 radical (unpaired) electrons. The number of rotatable bonds is 4. The molecule has 0 atom stereocenters. The summed E-state index contributed by atoms with van der Waals surface area (Å²) in [6.45, 7) is 0. The second-order valence-corrected chi connectivity index (χ2v) is 9.53. The minimum absolute atomic E-state index is 0.416. The third-order valence-electron chi connectivity index (χ3n) is 3.72. The van der Waals surface area contributed by atoms with Gasteiger partial charge in [-0.1, -0.05) is 44.0 Å². The van der Waals surface area contributed by atoms with Crippen LogP contribution in [0.1, 0.15) is 0 Å². The molecule has 0 aliphatic carbocycles. The van der Waals surface area contributed by atoms with E-state index < -0.39 is 12.1 Å². The lowest BCUT2D eigenvalue weighted by Gasteiger charge is -2.14. The predicted octanol–water partition coefficient (Wildman–Crippen LogP) is 8.02. The number of hydrogen-bond donors (Lipinski definition) is 4. The van der Waals surface area contributed by atoms with Crippen LogP contribution in [0.4, 0.5) is 32.3 Å². The zero-order valence-electron chi connectivity index (χ0n) is 15.1. The topological polar surface area (TPSA) is 82.3 Å². The van der Waals surface area contributed by atoms with Crippen LogP contribution in [0.2, 0.25) is 0 Å². The molecule has 0 heterocycles. The highest BCUT2D eigenvalue weighted by Crippen LogP contribution is 2.33. The monoisotopic (exact) mass is 658 g/mol. The smallest absolute Gasteiger partial charge is 0.308 e. The highest BCUT2D eigenvalue weighted by molar-refractivity contribution is 9.11. The number of carbonyl (C=O) groups is 2. The molecule has 0 aliphatic rings. The second-order valence-electron chi connectivity index (χ2n) is 5.99. The summed E-state index contributed by atoms with van der Waals surface area (Å²) >= 11 is 13.6. The van der Waals surface area contributed by atoms with E-state index in [4.69, 9.17) is 0 Å². The zero-order valence-corrected chi connectivity index (χ0v) is 21.4. The van der Waals surface area contributed by atoms with E-state index in [-0.39, 0.29) is 0 Å². The van der Waals surface area contributed by atoms with Crippen molar-refractivity contribution in [1.82, 2.24) is 0 Å². The molecule has 4 N–H and O–H groups in total. The van der Waals surface area contributed by atoms with E-state index in [2.05, 4.69) is 85.0 Å². The lowest BCUT2D eigenvalue weighted by Crippen LogP contribution is -2.21. The van der Waals surface area contributed by atoms with Crippen molar-refractivity contribution in [3.63, 3.8) is 0 Å². The Bertz CT molecular complexity index is 1030. The van der Waals surface area contributed by atoms with Gasteiger partial charge in [0.15, 0.2) is 0 Å². The Morgan fingerprint density at radius 1 is 0.567 bits per heavy atom. The van der Waals surface area contributed by atoms with Crippen molar-refractivity contribution >= 4 is 98.5 Å². The van der Waals surface area contributed by atoms with Gasteiger partial charge in [-0.2, -0.15) is 0 Å². The molecule has 3 aromatic carbocycles. The lowest BCUT2D eigenvalue weighted by atomic mass is 10.2. The summed E-state index contributed by atoms with van der Waals surface area (Å²) in [6.07, 6.45) is 0. The first-order valence-corrected chi connectivity index (χ1v) is 11.6. The van der Waals surface area contributed by atoms with Gasteiger partial charge in [0.05, 0.1) is 11.4 Å². The van der Waals surface area contributed by atoms with Gasteiger partial charge in [-0.05, 0) is 80.4 Å². The summed E-state index contributed by atoms with van der Waals surface area (Å²) in [6, 6.07) is 17.1. The molecule has 30 heavy (non-hydrogen) atoms. The molecule has 3 aromatic rings. The summed E-state index contributed by atoms with van der Waals surface area (Å²) in [5.41, 5.74) is 2.26. The van der Waals surface area contributed by atoms with E-state index >= 15 is 0 Å². The highest BCUT2D eigenvalue weighted by Gasteiger charge is 2.12. The Balaban J connectivity index is 1.70. The average molecular weight is 662 g/mol. The SMILES string of the molecule is O=C(Nc1cccc(Br)c1)Nc1cc(NC(=O)Nc2cccc(Br)c2)c(Br)cc1Br. The summed E-state index contributed by atoms with van der Waals surface area (Å²) in [4.78, 5) is 24.7. The number of carbonyl (C=O) groups excluding carboxylic acids is 2. The number of nitrogens with one attached hydrogen (secondary N) is 4. The number of benzene rings is 3. The van der Waals surface area contributed by atoms with Gasteiger partial charge in [-0.25, -0.2) is 9.59 Å². The highest BCUT2D eigenvalue weighted by atomic mass is 79.9. The predicted molar refractivity (Wildman–Crippen MR) is 135 cm³/mol. The Morgan fingerprint density at radius 3 is 1.40 bits per heavy atom. The van der Waals surface area contributed by atoms with Gasteiger partial charge >= 0.3 is 12.1 Å². The molecular weight excluding hydrogens is 648 g/mol. The second kappa shape index (κ2) is 10.4. The number of anilines is 4. The molecule has 6 nitrogen and oxygen atoms in total. The first kappa shape index (κ1) is 22.8. The number of amides is 4.